The van der Waals surface area contributed by atoms with Crippen molar-refractivity contribution in [2.45, 2.75) is 35.9 Å². The van der Waals surface area contributed by atoms with Gasteiger partial charge in [0.1, 0.15) is 6.04 Å². The van der Waals surface area contributed by atoms with Gasteiger partial charge in [0.05, 0.1) is 4.87 Å². The lowest BCUT2D eigenvalue weighted by Crippen LogP contribution is -2.52. The van der Waals surface area contributed by atoms with Crippen LogP contribution in [0.4, 0.5) is 0 Å². The van der Waals surface area contributed by atoms with Gasteiger partial charge in [0.2, 0.25) is 0 Å². The van der Waals surface area contributed by atoms with Crippen molar-refractivity contribution in [3.8, 4) is 0 Å². The van der Waals surface area contributed by atoms with E-state index >= 15 is 0 Å². The first-order valence-corrected chi connectivity index (χ1v) is 6.93. The van der Waals surface area contributed by atoms with Crippen LogP contribution in [0.1, 0.15) is 19.8 Å². The molecule has 2 aliphatic heterocycles. The molecular formula is C9H15NO2S2. The molecule has 0 amide bonds. The molecule has 0 aliphatic carbocycles. The van der Waals surface area contributed by atoms with Crippen molar-refractivity contribution in [1.29, 1.82) is 0 Å². The van der Waals surface area contributed by atoms with E-state index in [1.807, 2.05) is 11.8 Å². The minimum Gasteiger partial charge on any atom is -0.480 e. The molecule has 80 valence electrons. The fourth-order valence-electron chi connectivity index (χ4n) is 2.06. The highest BCUT2D eigenvalue weighted by molar-refractivity contribution is 8.04. The first-order chi connectivity index (χ1) is 6.64. The number of hydrogen-bond acceptors (Lipinski definition) is 4. The van der Waals surface area contributed by atoms with Gasteiger partial charge in [0.25, 0.3) is 0 Å². The molecule has 3 atom stereocenters. The predicted molar refractivity (Wildman–Crippen MR) is 60.9 cm³/mol. The lowest BCUT2D eigenvalue weighted by molar-refractivity contribution is -0.138. The normalized spacial score (nSPS) is 42.9. The van der Waals surface area contributed by atoms with Gasteiger partial charge in [-0.05, 0) is 18.6 Å². The fourth-order valence-corrected chi connectivity index (χ4v) is 5.02. The van der Waals surface area contributed by atoms with E-state index in [9.17, 15) is 4.79 Å². The molecule has 2 heterocycles. The van der Waals surface area contributed by atoms with Gasteiger partial charge in [0, 0.05) is 11.0 Å². The van der Waals surface area contributed by atoms with E-state index in [4.69, 9.17) is 5.11 Å². The summed E-state index contributed by atoms with van der Waals surface area (Å²) in [7, 11) is 0. The van der Waals surface area contributed by atoms with Crippen LogP contribution < -0.4 is 5.32 Å². The zero-order valence-electron chi connectivity index (χ0n) is 8.16. The zero-order valence-corrected chi connectivity index (χ0v) is 9.79. The predicted octanol–water partition coefficient (Wildman–Crippen LogP) is 1.39. The van der Waals surface area contributed by atoms with Gasteiger partial charge in [-0.2, -0.15) is 11.8 Å². The Bertz CT molecular complexity index is 249. The molecule has 2 N–H and O–H groups in total. The van der Waals surface area contributed by atoms with Crippen LogP contribution in [0, 0.1) is 0 Å². The van der Waals surface area contributed by atoms with Crippen LogP contribution in [-0.4, -0.2) is 38.7 Å². The summed E-state index contributed by atoms with van der Waals surface area (Å²) in [6, 6.07) is -0.346. The maximum atomic E-state index is 10.9. The Morgan fingerprint density at radius 3 is 3.00 bits per heavy atom. The molecule has 2 rings (SSSR count). The van der Waals surface area contributed by atoms with E-state index in [-0.39, 0.29) is 10.9 Å². The zero-order chi connectivity index (χ0) is 10.2. The Labute approximate surface area is 92.4 Å². The van der Waals surface area contributed by atoms with Gasteiger partial charge in [0.15, 0.2) is 0 Å². The second-order valence-corrected chi connectivity index (χ2v) is 6.65. The Hall–Kier alpha value is 0.130. The molecule has 2 fully saturated rings. The van der Waals surface area contributed by atoms with Crippen LogP contribution in [0.15, 0.2) is 0 Å². The molecule has 0 bridgehead atoms. The highest BCUT2D eigenvalue weighted by Crippen LogP contribution is 2.45. The molecule has 2 saturated heterocycles. The Kier molecular flexibility index (Phi) is 3.00. The molecule has 0 radical (unpaired) electrons. The average molecular weight is 233 g/mol. The van der Waals surface area contributed by atoms with Crippen molar-refractivity contribution < 1.29 is 9.90 Å². The molecule has 3 nitrogen and oxygen atoms in total. The molecule has 2 aliphatic rings. The van der Waals surface area contributed by atoms with Crippen molar-refractivity contribution in [3.05, 3.63) is 0 Å². The molecule has 0 saturated carbocycles. The quantitative estimate of drug-likeness (QED) is 0.717. The first-order valence-electron chi connectivity index (χ1n) is 4.90. The number of nitrogens with one attached hydrogen (secondary N) is 1. The molecule has 0 aromatic carbocycles. The smallest absolute Gasteiger partial charge is 0.321 e. The summed E-state index contributed by atoms with van der Waals surface area (Å²) in [6.07, 6.45) is 2.30. The third kappa shape index (κ3) is 1.77. The van der Waals surface area contributed by atoms with Crippen molar-refractivity contribution in [1.82, 2.24) is 5.32 Å². The van der Waals surface area contributed by atoms with Crippen LogP contribution in [-0.2, 0) is 4.79 Å². The number of aliphatic carboxylic acids is 1. The van der Waals surface area contributed by atoms with Gasteiger partial charge >= 0.3 is 5.97 Å². The van der Waals surface area contributed by atoms with Gasteiger partial charge in [-0.25, -0.2) is 0 Å². The van der Waals surface area contributed by atoms with E-state index in [1.165, 1.54) is 12.2 Å². The van der Waals surface area contributed by atoms with E-state index in [1.54, 1.807) is 11.8 Å². The highest BCUT2D eigenvalue weighted by Gasteiger charge is 2.47. The monoisotopic (exact) mass is 233 g/mol. The second kappa shape index (κ2) is 3.94. The van der Waals surface area contributed by atoms with Crippen molar-refractivity contribution >= 4 is 29.5 Å². The number of rotatable bonds is 1. The Balaban J connectivity index is 2.06. The molecule has 3 unspecified atom stereocenters. The molecule has 0 aromatic rings. The first kappa shape index (κ1) is 10.6. The van der Waals surface area contributed by atoms with E-state index in [0.717, 1.165) is 6.42 Å². The van der Waals surface area contributed by atoms with Gasteiger partial charge in [-0.1, -0.05) is 6.92 Å². The summed E-state index contributed by atoms with van der Waals surface area (Å²) in [4.78, 5) is 10.9. The lowest BCUT2D eigenvalue weighted by atomic mass is 10.1. The topological polar surface area (TPSA) is 49.3 Å². The lowest BCUT2D eigenvalue weighted by Gasteiger charge is -2.38. The number of carboxylic acids is 1. The van der Waals surface area contributed by atoms with Gasteiger partial charge in [-0.3, -0.25) is 10.1 Å². The van der Waals surface area contributed by atoms with E-state index in [0.29, 0.717) is 11.0 Å². The van der Waals surface area contributed by atoms with Crippen LogP contribution in [0.3, 0.4) is 0 Å². The minimum absolute atomic E-state index is 0.0337. The van der Waals surface area contributed by atoms with Crippen LogP contribution >= 0.6 is 23.5 Å². The largest absolute Gasteiger partial charge is 0.480 e. The standard InChI is InChI=1S/C9H15NO2S2/c1-6-9(3-2-4-13-6)10-7(5-14-9)8(11)12/h6-7,10H,2-5H2,1H3,(H,11,12). The van der Waals surface area contributed by atoms with Gasteiger partial charge < -0.3 is 5.11 Å². The molecular weight excluding hydrogens is 218 g/mol. The Morgan fingerprint density at radius 2 is 2.43 bits per heavy atom. The number of carbonyl (C=O) groups is 1. The summed E-state index contributed by atoms with van der Waals surface area (Å²) in [5.74, 6) is 1.21. The summed E-state index contributed by atoms with van der Waals surface area (Å²) in [5.41, 5.74) is 0. The summed E-state index contributed by atoms with van der Waals surface area (Å²) >= 11 is 3.75. The third-order valence-corrected chi connectivity index (χ3v) is 6.21. The maximum absolute atomic E-state index is 10.9. The fraction of sp³-hybridized carbons (Fsp3) is 0.889. The SMILES string of the molecule is CC1SCCCC12NC(C(=O)O)CS2. The molecule has 1 spiro atoms. The highest BCUT2D eigenvalue weighted by atomic mass is 32.2. The number of hydrogen-bond donors (Lipinski definition) is 2. The summed E-state index contributed by atoms with van der Waals surface area (Å²) < 4.78 is 0. The third-order valence-electron chi connectivity index (χ3n) is 2.94. The van der Waals surface area contributed by atoms with Crippen LogP contribution in [0.2, 0.25) is 0 Å². The van der Waals surface area contributed by atoms with Crippen LogP contribution in [0.5, 0.6) is 0 Å². The van der Waals surface area contributed by atoms with Crippen LogP contribution in [0.25, 0.3) is 0 Å². The summed E-state index contributed by atoms with van der Waals surface area (Å²) in [6.45, 7) is 2.20. The minimum atomic E-state index is -0.711. The molecule has 0 aromatic heterocycles. The maximum Gasteiger partial charge on any atom is 0.321 e. The second-order valence-electron chi connectivity index (χ2n) is 3.85. The average Bonchev–Trinajstić information content (AvgIpc) is 2.56. The van der Waals surface area contributed by atoms with Gasteiger partial charge in [-0.15, -0.1) is 11.8 Å². The summed E-state index contributed by atoms with van der Waals surface area (Å²) in [5, 5.41) is 12.7. The number of carboxylic acid groups (broad SMARTS) is 1. The van der Waals surface area contributed by atoms with Crippen molar-refractivity contribution in [2.24, 2.45) is 0 Å². The molecule has 5 heteroatoms. The molecule has 14 heavy (non-hydrogen) atoms. The van der Waals surface area contributed by atoms with Crippen molar-refractivity contribution in [2.75, 3.05) is 11.5 Å². The Morgan fingerprint density at radius 1 is 1.64 bits per heavy atom. The number of thioether (sulfide) groups is 2. The van der Waals surface area contributed by atoms with Crippen molar-refractivity contribution in [3.63, 3.8) is 0 Å². The van der Waals surface area contributed by atoms with E-state index < -0.39 is 5.97 Å². The van der Waals surface area contributed by atoms with E-state index in [2.05, 4.69) is 12.2 Å².